The Balaban J connectivity index is 1.61. The normalized spacial score (nSPS) is 55.6. The molecule has 0 amide bonds. The number of hydrogen-bond acceptors (Lipinski definition) is 2. The molecule has 130 valence electrons. The van der Waals surface area contributed by atoms with Gasteiger partial charge in [0.05, 0.1) is 12.0 Å². The molecule has 0 aromatic rings. The summed E-state index contributed by atoms with van der Waals surface area (Å²) in [7, 11) is 0. The molecule has 2 N–H and O–H groups in total. The molecular weight excluding hydrogens is 288 g/mol. The van der Waals surface area contributed by atoms with Crippen LogP contribution in [-0.2, 0) is 4.79 Å². The van der Waals surface area contributed by atoms with Crippen LogP contribution in [0.3, 0.4) is 0 Å². The first-order valence-corrected chi connectivity index (χ1v) is 9.77. The van der Waals surface area contributed by atoms with Gasteiger partial charge in [-0.15, -0.1) is 0 Å². The fourth-order valence-corrected chi connectivity index (χ4v) is 7.64. The third-order valence-corrected chi connectivity index (χ3v) is 8.94. The molecule has 0 radical (unpaired) electrons. The highest BCUT2D eigenvalue weighted by molar-refractivity contribution is 5.71. The van der Waals surface area contributed by atoms with Crippen molar-refractivity contribution in [1.29, 1.82) is 0 Å². The van der Waals surface area contributed by atoms with E-state index in [1.165, 1.54) is 25.7 Å². The van der Waals surface area contributed by atoms with Gasteiger partial charge in [0.2, 0.25) is 0 Å². The summed E-state index contributed by atoms with van der Waals surface area (Å²) in [5.74, 6) is 2.12. The van der Waals surface area contributed by atoms with Crippen molar-refractivity contribution in [2.24, 2.45) is 40.4 Å². The molecule has 0 bridgehead atoms. The third-order valence-electron chi connectivity index (χ3n) is 8.94. The van der Waals surface area contributed by atoms with Crippen molar-refractivity contribution in [3.05, 3.63) is 0 Å². The Morgan fingerprint density at radius 2 is 1.61 bits per heavy atom. The second-order valence-electron chi connectivity index (χ2n) is 9.60. The summed E-state index contributed by atoms with van der Waals surface area (Å²) in [6.45, 7) is 4.77. The van der Waals surface area contributed by atoms with Gasteiger partial charge < -0.3 is 10.2 Å². The van der Waals surface area contributed by atoms with Crippen LogP contribution in [0.15, 0.2) is 0 Å². The van der Waals surface area contributed by atoms with Crippen LogP contribution in [0.1, 0.15) is 71.6 Å². The largest absolute Gasteiger partial charge is 0.481 e. The molecule has 0 aliphatic heterocycles. The first kappa shape index (κ1) is 15.9. The van der Waals surface area contributed by atoms with Gasteiger partial charge in [-0.1, -0.05) is 13.8 Å². The van der Waals surface area contributed by atoms with E-state index in [0.29, 0.717) is 17.3 Å². The van der Waals surface area contributed by atoms with Gasteiger partial charge in [0.15, 0.2) is 0 Å². The SMILES string of the molecule is C[C@]12CCC3C(CC[C@@H]4CC(O)CC[C@]34C)C1CCC2C(=O)O. The first-order chi connectivity index (χ1) is 10.9. The first-order valence-electron chi connectivity index (χ1n) is 9.77. The molecule has 8 atom stereocenters. The van der Waals surface area contributed by atoms with E-state index in [4.69, 9.17) is 0 Å². The summed E-state index contributed by atoms with van der Waals surface area (Å²) in [6, 6.07) is 0. The fraction of sp³-hybridized carbons (Fsp3) is 0.950. The fourth-order valence-electron chi connectivity index (χ4n) is 7.64. The van der Waals surface area contributed by atoms with E-state index in [1.54, 1.807) is 0 Å². The van der Waals surface area contributed by atoms with Crippen LogP contribution < -0.4 is 0 Å². The molecule has 4 aliphatic carbocycles. The van der Waals surface area contributed by atoms with Crippen LogP contribution in [-0.4, -0.2) is 22.3 Å². The molecule has 0 spiro atoms. The van der Waals surface area contributed by atoms with E-state index in [1.807, 2.05) is 0 Å². The molecule has 3 heteroatoms. The van der Waals surface area contributed by atoms with E-state index in [9.17, 15) is 15.0 Å². The quantitative estimate of drug-likeness (QED) is 0.765. The van der Waals surface area contributed by atoms with Crippen LogP contribution >= 0.6 is 0 Å². The van der Waals surface area contributed by atoms with E-state index in [0.717, 1.165) is 43.9 Å². The van der Waals surface area contributed by atoms with Crippen molar-refractivity contribution < 1.29 is 15.0 Å². The Kier molecular flexibility index (Phi) is 3.61. The Labute approximate surface area is 139 Å². The van der Waals surface area contributed by atoms with Crippen LogP contribution in [0.2, 0.25) is 0 Å². The number of carboxylic acid groups (broad SMARTS) is 1. The predicted molar refractivity (Wildman–Crippen MR) is 88.9 cm³/mol. The lowest BCUT2D eigenvalue weighted by molar-refractivity contribution is -0.154. The highest BCUT2D eigenvalue weighted by Gasteiger charge is 2.61. The lowest BCUT2D eigenvalue weighted by Gasteiger charge is -2.60. The van der Waals surface area contributed by atoms with Crippen LogP contribution in [0.4, 0.5) is 0 Å². The Bertz CT molecular complexity index is 503. The van der Waals surface area contributed by atoms with Gasteiger partial charge in [-0.3, -0.25) is 4.79 Å². The zero-order valence-electron chi connectivity index (χ0n) is 14.6. The molecule has 0 aromatic heterocycles. The molecular formula is C20H32O3. The Morgan fingerprint density at radius 1 is 0.913 bits per heavy atom. The lowest BCUT2D eigenvalue weighted by Crippen LogP contribution is -2.54. The molecule has 4 saturated carbocycles. The van der Waals surface area contributed by atoms with E-state index in [2.05, 4.69) is 13.8 Å². The van der Waals surface area contributed by atoms with Gasteiger partial charge in [0.1, 0.15) is 0 Å². The van der Waals surface area contributed by atoms with Gasteiger partial charge in [-0.05, 0) is 92.3 Å². The molecule has 4 aliphatic rings. The Hall–Kier alpha value is -0.570. The van der Waals surface area contributed by atoms with Crippen LogP contribution in [0.5, 0.6) is 0 Å². The second kappa shape index (κ2) is 5.21. The third kappa shape index (κ3) is 2.14. The van der Waals surface area contributed by atoms with Crippen molar-refractivity contribution in [3.8, 4) is 0 Å². The van der Waals surface area contributed by atoms with Crippen molar-refractivity contribution in [2.45, 2.75) is 77.7 Å². The standard InChI is InChI=1S/C20H32O3/c1-19-9-7-13(21)11-12(19)3-4-14-15-5-6-17(18(22)23)20(15,2)10-8-16(14)19/h12-17,21H,3-11H2,1-2H3,(H,22,23)/t12-,13?,14?,15?,16?,17?,19+,20+/m1/s1. The highest BCUT2D eigenvalue weighted by atomic mass is 16.4. The molecule has 0 aromatic carbocycles. The smallest absolute Gasteiger partial charge is 0.307 e. The van der Waals surface area contributed by atoms with E-state index in [-0.39, 0.29) is 17.4 Å². The van der Waals surface area contributed by atoms with E-state index < -0.39 is 5.97 Å². The number of fused-ring (bicyclic) bond motifs is 5. The summed E-state index contributed by atoms with van der Waals surface area (Å²) in [4.78, 5) is 11.7. The average molecular weight is 320 g/mol. The van der Waals surface area contributed by atoms with Crippen molar-refractivity contribution in [1.82, 2.24) is 0 Å². The highest BCUT2D eigenvalue weighted by Crippen LogP contribution is 2.67. The molecule has 4 rings (SSSR count). The number of carboxylic acids is 1. The summed E-state index contributed by atoms with van der Waals surface area (Å²) in [5.41, 5.74) is 0.426. The minimum atomic E-state index is -0.561. The molecule has 0 heterocycles. The number of aliphatic hydroxyl groups excluding tert-OH is 1. The van der Waals surface area contributed by atoms with Crippen LogP contribution in [0, 0.1) is 40.4 Å². The van der Waals surface area contributed by atoms with Crippen LogP contribution in [0.25, 0.3) is 0 Å². The number of hydrogen-bond donors (Lipinski definition) is 2. The maximum Gasteiger partial charge on any atom is 0.307 e. The molecule has 3 nitrogen and oxygen atoms in total. The maximum absolute atomic E-state index is 11.7. The zero-order chi connectivity index (χ0) is 16.4. The Morgan fingerprint density at radius 3 is 2.35 bits per heavy atom. The number of rotatable bonds is 1. The number of aliphatic carboxylic acids is 1. The molecule has 0 saturated heterocycles. The molecule has 5 unspecified atom stereocenters. The van der Waals surface area contributed by atoms with Gasteiger partial charge in [0.25, 0.3) is 0 Å². The average Bonchev–Trinajstić information content (AvgIpc) is 2.85. The van der Waals surface area contributed by atoms with Gasteiger partial charge >= 0.3 is 5.97 Å². The molecule has 4 fully saturated rings. The minimum absolute atomic E-state index is 0.0321. The zero-order valence-corrected chi connectivity index (χ0v) is 14.6. The number of aliphatic hydroxyl groups is 1. The monoisotopic (exact) mass is 320 g/mol. The minimum Gasteiger partial charge on any atom is -0.481 e. The van der Waals surface area contributed by atoms with Crippen molar-refractivity contribution in [2.75, 3.05) is 0 Å². The maximum atomic E-state index is 11.7. The second-order valence-corrected chi connectivity index (χ2v) is 9.60. The van der Waals surface area contributed by atoms with Gasteiger partial charge in [0, 0.05) is 0 Å². The van der Waals surface area contributed by atoms with E-state index >= 15 is 0 Å². The topological polar surface area (TPSA) is 57.5 Å². The van der Waals surface area contributed by atoms with Crippen molar-refractivity contribution in [3.63, 3.8) is 0 Å². The summed E-state index contributed by atoms with van der Waals surface area (Å²) < 4.78 is 0. The van der Waals surface area contributed by atoms with Gasteiger partial charge in [-0.2, -0.15) is 0 Å². The predicted octanol–water partition coefficient (Wildman–Crippen LogP) is 4.09. The van der Waals surface area contributed by atoms with Crippen molar-refractivity contribution >= 4 is 5.97 Å². The summed E-state index contributed by atoms with van der Waals surface area (Å²) in [5, 5.41) is 19.7. The summed E-state index contributed by atoms with van der Waals surface area (Å²) >= 11 is 0. The summed E-state index contributed by atoms with van der Waals surface area (Å²) in [6.07, 6.45) is 9.90. The van der Waals surface area contributed by atoms with Gasteiger partial charge in [-0.25, -0.2) is 0 Å². The molecule has 23 heavy (non-hydrogen) atoms. The lowest BCUT2D eigenvalue weighted by atomic mass is 9.44. The number of carbonyl (C=O) groups is 1.